The van der Waals surface area contributed by atoms with Gasteiger partial charge in [0.05, 0.1) is 5.69 Å². The van der Waals surface area contributed by atoms with E-state index in [1.165, 1.54) is 0 Å². The Hall–Kier alpha value is -2.67. The van der Waals surface area contributed by atoms with Crippen molar-refractivity contribution in [3.05, 3.63) is 52.4 Å². The van der Waals surface area contributed by atoms with Crippen LogP contribution in [0.1, 0.15) is 10.5 Å². The Morgan fingerprint density at radius 2 is 2.00 bits per heavy atom. The number of para-hydroxylation sites is 1. The van der Waals surface area contributed by atoms with E-state index in [1.54, 1.807) is 35.8 Å². The van der Waals surface area contributed by atoms with E-state index in [-0.39, 0.29) is 0 Å². The Morgan fingerprint density at radius 1 is 1.33 bits per heavy atom. The van der Waals surface area contributed by atoms with Crippen molar-refractivity contribution in [3.63, 3.8) is 0 Å². The van der Waals surface area contributed by atoms with Crippen LogP contribution >= 0.6 is 0 Å². The van der Waals surface area contributed by atoms with Gasteiger partial charge >= 0.3 is 0 Å². The minimum Gasteiger partial charge on any atom is -0.871 e. The lowest BCUT2D eigenvalue weighted by Crippen LogP contribution is -2.34. The standard InChI is InChI=1S/C11H10N4O3/c12-13-11(18)10-8(16)6-9(17)15(14-10)7-4-2-1-3-5-7/h1-6,16H,12H2,(H,13,18)/p-1. The molecule has 1 amide bonds. The number of benzene rings is 1. The van der Waals surface area contributed by atoms with Crippen molar-refractivity contribution >= 4 is 5.91 Å². The Labute approximate surface area is 101 Å². The van der Waals surface area contributed by atoms with Gasteiger partial charge in [0.1, 0.15) is 5.69 Å². The molecule has 3 N–H and O–H groups in total. The number of nitrogens with zero attached hydrogens (tertiary/aromatic N) is 2. The second kappa shape index (κ2) is 4.68. The number of aromatic nitrogens is 2. The number of amides is 1. The predicted molar refractivity (Wildman–Crippen MR) is 60.9 cm³/mol. The molecule has 0 atom stereocenters. The summed E-state index contributed by atoms with van der Waals surface area (Å²) >= 11 is 0. The highest BCUT2D eigenvalue weighted by Gasteiger charge is 2.10. The molecule has 0 fully saturated rings. The van der Waals surface area contributed by atoms with Crippen molar-refractivity contribution in [1.82, 2.24) is 15.2 Å². The van der Waals surface area contributed by atoms with E-state index in [0.29, 0.717) is 5.69 Å². The van der Waals surface area contributed by atoms with Gasteiger partial charge in [-0.2, -0.15) is 9.78 Å². The van der Waals surface area contributed by atoms with Gasteiger partial charge in [-0.1, -0.05) is 23.9 Å². The molecule has 7 nitrogen and oxygen atoms in total. The number of hydrazine groups is 1. The average molecular weight is 245 g/mol. The average Bonchev–Trinajstić information content (AvgIpc) is 2.39. The Kier molecular flexibility index (Phi) is 3.07. The first-order valence-electron chi connectivity index (χ1n) is 5.01. The lowest BCUT2D eigenvalue weighted by atomic mass is 10.3. The number of carbonyl (C=O) groups is 1. The zero-order valence-corrected chi connectivity index (χ0v) is 9.16. The summed E-state index contributed by atoms with van der Waals surface area (Å²) < 4.78 is 0.964. The fourth-order valence-corrected chi connectivity index (χ4v) is 1.42. The first-order chi connectivity index (χ1) is 8.63. The zero-order valence-electron chi connectivity index (χ0n) is 9.16. The van der Waals surface area contributed by atoms with Gasteiger partial charge in [0, 0.05) is 0 Å². The fraction of sp³-hybridized carbons (Fsp3) is 0. The summed E-state index contributed by atoms with van der Waals surface area (Å²) in [6.45, 7) is 0. The minimum absolute atomic E-state index is 0.430. The van der Waals surface area contributed by atoms with Crippen LogP contribution < -0.4 is 21.9 Å². The molecule has 0 radical (unpaired) electrons. The van der Waals surface area contributed by atoms with Crippen LogP contribution in [0.3, 0.4) is 0 Å². The molecule has 0 saturated heterocycles. The van der Waals surface area contributed by atoms with Crippen LogP contribution in [-0.2, 0) is 0 Å². The molecular formula is C11H9N4O3-. The normalized spacial score (nSPS) is 10.1. The van der Waals surface area contributed by atoms with Gasteiger partial charge in [-0.25, -0.2) is 5.84 Å². The molecule has 2 rings (SSSR count). The van der Waals surface area contributed by atoms with Crippen LogP contribution in [0.2, 0.25) is 0 Å². The SMILES string of the molecule is NNC(=O)c1nn(-c2ccccc2)c(=O)cc1[O-]. The number of nitrogens with two attached hydrogens (primary N) is 1. The quantitative estimate of drug-likeness (QED) is 0.396. The van der Waals surface area contributed by atoms with Crippen molar-refractivity contribution < 1.29 is 9.90 Å². The Morgan fingerprint density at radius 3 is 2.61 bits per heavy atom. The molecule has 0 spiro atoms. The van der Waals surface area contributed by atoms with E-state index in [0.717, 1.165) is 10.7 Å². The van der Waals surface area contributed by atoms with Gasteiger partial charge in [-0.3, -0.25) is 15.0 Å². The molecule has 0 aliphatic heterocycles. The lowest BCUT2D eigenvalue weighted by Gasteiger charge is -2.13. The van der Waals surface area contributed by atoms with Crippen molar-refractivity contribution in [3.8, 4) is 11.4 Å². The topological polar surface area (TPSA) is 113 Å². The van der Waals surface area contributed by atoms with Gasteiger partial charge < -0.3 is 5.11 Å². The van der Waals surface area contributed by atoms with E-state index >= 15 is 0 Å². The maximum absolute atomic E-state index is 11.6. The molecule has 0 bridgehead atoms. The monoisotopic (exact) mass is 245 g/mol. The number of nitrogen functional groups attached to an aromatic ring is 1. The maximum Gasteiger partial charge on any atom is 0.284 e. The first-order valence-corrected chi connectivity index (χ1v) is 5.01. The number of rotatable bonds is 2. The Balaban J connectivity index is 2.63. The third-order valence-corrected chi connectivity index (χ3v) is 2.24. The fourth-order valence-electron chi connectivity index (χ4n) is 1.42. The second-order valence-electron chi connectivity index (χ2n) is 3.42. The molecule has 92 valence electrons. The summed E-state index contributed by atoms with van der Waals surface area (Å²) in [7, 11) is 0. The van der Waals surface area contributed by atoms with Crippen LogP contribution in [0.4, 0.5) is 0 Å². The van der Waals surface area contributed by atoms with Crippen LogP contribution in [0.25, 0.3) is 5.69 Å². The highest BCUT2D eigenvalue weighted by Crippen LogP contribution is 2.09. The highest BCUT2D eigenvalue weighted by atomic mass is 16.3. The Bertz CT molecular complexity index is 636. The summed E-state index contributed by atoms with van der Waals surface area (Å²) in [4.78, 5) is 23.0. The van der Waals surface area contributed by atoms with E-state index in [1.807, 2.05) is 0 Å². The summed E-state index contributed by atoms with van der Waals surface area (Å²) in [5, 5.41) is 15.1. The van der Waals surface area contributed by atoms with Gasteiger partial charge in [0.2, 0.25) is 0 Å². The molecule has 18 heavy (non-hydrogen) atoms. The predicted octanol–water partition coefficient (Wildman–Crippen LogP) is -1.09. The van der Waals surface area contributed by atoms with E-state index in [2.05, 4.69) is 5.10 Å². The molecule has 0 aliphatic rings. The van der Waals surface area contributed by atoms with Gasteiger partial charge in [0.15, 0.2) is 0 Å². The molecular weight excluding hydrogens is 236 g/mol. The maximum atomic E-state index is 11.6. The van der Waals surface area contributed by atoms with Crippen LogP contribution in [0, 0.1) is 0 Å². The minimum atomic E-state index is -0.843. The summed E-state index contributed by atoms with van der Waals surface area (Å²) in [5.74, 6) is 3.32. The largest absolute Gasteiger partial charge is 0.871 e. The van der Waals surface area contributed by atoms with Crippen molar-refractivity contribution in [2.75, 3.05) is 0 Å². The lowest BCUT2D eigenvalue weighted by molar-refractivity contribution is -0.269. The summed E-state index contributed by atoms with van der Waals surface area (Å²) in [6, 6.07) is 9.23. The number of nitrogens with one attached hydrogen (secondary N) is 1. The zero-order chi connectivity index (χ0) is 13.1. The van der Waals surface area contributed by atoms with E-state index in [9.17, 15) is 14.7 Å². The smallest absolute Gasteiger partial charge is 0.284 e. The number of hydrogen-bond donors (Lipinski definition) is 2. The third kappa shape index (κ3) is 2.06. The van der Waals surface area contributed by atoms with Crippen LogP contribution in [0.5, 0.6) is 5.75 Å². The number of hydrogen-bond acceptors (Lipinski definition) is 5. The molecule has 1 heterocycles. The third-order valence-electron chi connectivity index (χ3n) is 2.24. The summed E-state index contributed by atoms with van der Waals surface area (Å²) in [6.07, 6.45) is 0. The van der Waals surface area contributed by atoms with Gasteiger partial charge in [-0.05, 0) is 18.2 Å². The molecule has 2 aromatic rings. The molecule has 1 aromatic heterocycles. The van der Waals surface area contributed by atoms with Crippen molar-refractivity contribution in [1.29, 1.82) is 0 Å². The summed E-state index contributed by atoms with van der Waals surface area (Å²) in [5.41, 5.74) is 1.21. The first kappa shape index (κ1) is 11.8. The molecule has 1 aromatic carbocycles. The van der Waals surface area contributed by atoms with Crippen molar-refractivity contribution in [2.24, 2.45) is 5.84 Å². The molecule has 7 heteroatoms. The van der Waals surface area contributed by atoms with Crippen LogP contribution in [-0.4, -0.2) is 15.7 Å². The van der Waals surface area contributed by atoms with Crippen molar-refractivity contribution in [2.45, 2.75) is 0 Å². The highest BCUT2D eigenvalue weighted by molar-refractivity contribution is 5.93. The van der Waals surface area contributed by atoms with Gasteiger partial charge in [-0.15, -0.1) is 0 Å². The molecule has 0 saturated carbocycles. The molecule has 0 aliphatic carbocycles. The van der Waals surface area contributed by atoms with E-state index < -0.39 is 22.9 Å². The van der Waals surface area contributed by atoms with Gasteiger partial charge in [0.25, 0.3) is 11.5 Å². The van der Waals surface area contributed by atoms with Crippen LogP contribution in [0.15, 0.2) is 41.2 Å². The second-order valence-corrected chi connectivity index (χ2v) is 3.42. The number of carbonyl (C=O) groups excluding carboxylic acids is 1. The van der Waals surface area contributed by atoms with E-state index in [4.69, 9.17) is 5.84 Å². The molecule has 0 unspecified atom stereocenters.